The zero-order valence-electron chi connectivity index (χ0n) is 12.2. The van der Waals surface area contributed by atoms with E-state index >= 15 is 0 Å². The molecule has 0 radical (unpaired) electrons. The summed E-state index contributed by atoms with van der Waals surface area (Å²) in [5, 5.41) is 8.11. The molecule has 3 heterocycles. The highest BCUT2D eigenvalue weighted by Gasteiger charge is 2.16. The highest BCUT2D eigenvalue weighted by molar-refractivity contribution is 7.19. The van der Waals surface area contributed by atoms with Crippen molar-refractivity contribution in [2.75, 3.05) is 5.32 Å². The SMILES string of the molecule is CCc1cc(C(=O)Nc2sc(-c3cccnc3)nc2C)no1. The molecule has 3 rings (SSSR count). The van der Waals surface area contributed by atoms with E-state index in [0.29, 0.717) is 17.2 Å². The zero-order chi connectivity index (χ0) is 15.5. The predicted octanol–water partition coefficient (Wildman–Crippen LogP) is 3.32. The van der Waals surface area contributed by atoms with Crippen LogP contribution in [0.15, 0.2) is 35.1 Å². The van der Waals surface area contributed by atoms with Gasteiger partial charge in [0.15, 0.2) is 5.69 Å². The Kier molecular flexibility index (Phi) is 3.97. The number of aryl methyl sites for hydroxylation is 2. The van der Waals surface area contributed by atoms with E-state index in [2.05, 4.69) is 20.4 Å². The van der Waals surface area contributed by atoms with Gasteiger partial charge in [0.25, 0.3) is 5.91 Å². The first-order chi connectivity index (χ1) is 10.7. The van der Waals surface area contributed by atoms with Gasteiger partial charge in [-0.2, -0.15) is 0 Å². The van der Waals surface area contributed by atoms with Gasteiger partial charge >= 0.3 is 0 Å². The Hall–Kier alpha value is -2.54. The van der Waals surface area contributed by atoms with Gasteiger partial charge < -0.3 is 9.84 Å². The summed E-state index contributed by atoms with van der Waals surface area (Å²) in [6.07, 6.45) is 4.16. The average molecular weight is 314 g/mol. The molecule has 0 aliphatic heterocycles. The average Bonchev–Trinajstić information content (AvgIpc) is 3.15. The molecular weight excluding hydrogens is 300 g/mol. The van der Waals surface area contributed by atoms with Crippen molar-refractivity contribution in [3.8, 4) is 10.6 Å². The minimum Gasteiger partial charge on any atom is -0.361 e. The number of thiazole rings is 1. The topological polar surface area (TPSA) is 80.9 Å². The molecule has 7 heteroatoms. The molecule has 0 fully saturated rings. The van der Waals surface area contributed by atoms with Gasteiger partial charge in [0.05, 0.1) is 5.69 Å². The molecule has 0 saturated heterocycles. The molecule has 1 amide bonds. The van der Waals surface area contributed by atoms with E-state index in [-0.39, 0.29) is 11.6 Å². The summed E-state index contributed by atoms with van der Waals surface area (Å²) >= 11 is 1.41. The lowest BCUT2D eigenvalue weighted by molar-refractivity contribution is 0.101. The van der Waals surface area contributed by atoms with E-state index in [4.69, 9.17) is 4.52 Å². The molecule has 6 nitrogen and oxygen atoms in total. The van der Waals surface area contributed by atoms with Crippen molar-refractivity contribution >= 4 is 22.2 Å². The van der Waals surface area contributed by atoms with Crippen molar-refractivity contribution in [1.82, 2.24) is 15.1 Å². The van der Waals surface area contributed by atoms with Crippen LogP contribution in [0.5, 0.6) is 0 Å². The van der Waals surface area contributed by atoms with Crippen LogP contribution in [-0.2, 0) is 6.42 Å². The quantitative estimate of drug-likeness (QED) is 0.799. The second kappa shape index (κ2) is 6.07. The molecule has 0 unspecified atom stereocenters. The van der Waals surface area contributed by atoms with Gasteiger partial charge in [0, 0.05) is 30.4 Å². The number of hydrogen-bond acceptors (Lipinski definition) is 6. The van der Waals surface area contributed by atoms with Crippen LogP contribution in [0, 0.1) is 6.92 Å². The molecule has 1 N–H and O–H groups in total. The summed E-state index contributed by atoms with van der Waals surface area (Å²) < 4.78 is 5.05. The summed E-state index contributed by atoms with van der Waals surface area (Å²) in [5.74, 6) is 0.384. The van der Waals surface area contributed by atoms with Crippen molar-refractivity contribution in [2.24, 2.45) is 0 Å². The molecule has 0 saturated carbocycles. The van der Waals surface area contributed by atoms with E-state index in [0.717, 1.165) is 16.3 Å². The van der Waals surface area contributed by atoms with E-state index in [1.165, 1.54) is 11.3 Å². The minimum atomic E-state index is -0.298. The highest BCUT2D eigenvalue weighted by Crippen LogP contribution is 2.31. The maximum absolute atomic E-state index is 12.2. The molecular formula is C15H14N4O2S. The first kappa shape index (κ1) is 14.4. The Morgan fingerprint density at radius 2 is 2.32 bits per heavy atom. The Balaban J connectivity index is 1.81. The standard InChI is InChI=1S/C15H14N4O2S/c1-3-11-7-12(19-21-11)13(20)18-14-9(2)17-15(22-14)10-5-4-6-16-8-10/h4-8H,3H2,1-2H3,(H,18,20). The van der Waals surface area contributed by atoms with Crippen LogP contribution in [-0.4, -0.2) is 21.0 Å². The maximum Gasteiger partial charge on any atom is 0.278 e. The predicted molar refractivity (Wildman–Crippen MR) is 83.9 cm³/mol. The molecule has 0 aliphatic carbocycles. The number of carbonyl (C=O) groups is 1. The number of rotatable bonds is 4. The summed E-state index contributed by atoms with van der Waals surface area (Å²) in [5.41, 5.74) is 1.95. The second-order valence-electron chi connectivity index (χ2n) is 4.66. The number of nitrogens with one attached hydrogen (secondary N) is 1. The summed E-state index contributed by atoms with van der Waals surface area (Å²) in [4.78, 5) is 20.7. The molecule has 0 spiro atoms. The van der Waals surface area contributed by atoms with Gasteiger partial charge in [-0.3, -0.25) is 9.78 Å². The lowest BCUT2D eigenvalue weighted by Gasteiger charge is -1.98. The number of nitrogens with zero attached hydrogens (tertiary/aromatic N) is 3. The highest BCUT2D eigenvalue weighted by atomic mass is 32.1. The fourth-order valence-corrected chi connectivity index (χ4v) is 2.83. The molecule has 22 heavy (non-hydrogen) atoms. The monoisotopic (exact) mass is 314 g/mol. The van der Waals surface area contributed by atoms with Crippen LogP contribution in [0.3, 0.4) is 0 Å². The van der Waals surface area contributed by atoms with Gasteiger partial charge in [-0.15, -0.1) is 0 Å². The van der Waals surface area contributed by atoms with Crippen LogP contribution >= 0.6 is 11.3 Å². The Bertz CT molecular complexity index is 795. The fraction of sp³-hybridized carbons (Fsp3) is 0.200. The van der Waals surface area contributed by atoms with Crippen LogP contribution in [0.4, 0.5) is 5.00 Å². The van der Waals surface area contributed by atoms with Gasteiger partial charge in [-0.1, -0.05) is 23.4 Å². The number of hydrogen-bond donors (Lipinski definition) is 1. The summed E-state index contributed by atoms with van der Waals surface area (Å²) in [6.45, 7) is 3.79. The number of anilines is 1. The number of pyridine rings is 1. The van der Waals surface area contributed by atoms with Crippen LogP contribution in [0.2, 0.25) is 0 Å². The molecule has 112 valence electrons. The zero-order valence-corrected chi connectivity index (χ0v) is 13.0. The Morgan fingerprint density at radius 3 is 3.00 bits per heavy atom. The lowest BCUT2D eigenvalue weighted by atomic mass is 10.3. The molecule has 0 bridgehead atoms. The van der Waals surface area contributed by atoms with Crippen LogP contribution in [0.1, 0.15) is 28.9 Å². The molecule has 3 aromatic rings. The minimum absolute atomic E-state index is 0.271. The third kappa shape index (κ3) is 2.89. The molecule has 0 aliphatic rings. The van der Waals surface area contributed by atoms with Crippen molar-refractivity contribution < 1.29 is 9.32 Å². The van der Waals surface area contributed by atoms with Crippen molar-refractivity contribution in [3.63, 3.8) is 0 Å². The lowest BCUT2D eigenvalue weighted by Crippen LogP contribution is -2.11. The summed E-state index contributed by atoms with van der Waals surface area (Å²) in [6, 6.07) is 5.43. The van der Waals surface area contributed by atoms with Crippen molar-refractivity contribution in [3.05, 3.63) is 47.7 Å². The number of aromatic nitrogens is 3. The van der Waals surface area contributed by atoms with E-state index in [9.17, 15) is 4.79 Å². The van der Waals surface area contributed by atoms with Crippen molar-refractivity contribution in [2.45, 2.75) is 20.3 Å². The van der Waals surface area contributed by atoms with Crippen LogP contribution < -0.4 is 5.32 Å². The number of carbonyl (C=O) groups excluding carboxylic acids is 1. The van der Waals surface area contributed by atoms with Crippen LogP contribution in [0.25, 0.3) is 10.6 Å². The second-order valence-corrected chi connectivity index (χ2v) is 5.66. The molecule has 0 aromatic carbocycles. The smallest absolute Gasteiger partial charge is 0.278 e. The van der Waals surface area contributed by atoms with Gasteiger partial charge in [-0.05, 0) is 19.1 Å². The largest absolute Gasteiger partial charge is 0.361 e. The van der Waals surface area contributed by atoms with E-state index in [1.807, 2.05) is 26.0 Å². The molecule has 3 aromatic heterocycles. The maximum atomic E-state index is 12.2. The first-order valence-corrected chi connectivity index (χ1v) is 7.63. The van der Waals surface area contributed by atoms with Gasteiger partial charge in [-0.25, -0.2) is 4.98 Å². The fourth-order valence-electron chi connectivity index (χ4n) is 1.88. The van der Waals surface area contributed by atoms with Crippen molar-refractivity contribution in [1.29, 1.82) is 0 Å². The third-order valence-electron chi connectivity index (χ3n) is 3.07. The van der Waals surface area contributed by atoms with Gasteiger partial charge in [0.2, 0.25) is 0 Å². The number of amides is 1. The van der Waals surface area contributed by atoms with E-state index in [1.54, 1.807) is 18.5 Å². The summed E-state index contributed by atoms with van der Waals surface area (Å²) in [7, 11) is 0. The first-order valence-electron chi connectivity index (χ1n) is 6.82. The Labute approximate surface area is 131 Å². The molecule has 0 atom stereocenters. The Morgan fingerprint density at radius 1 is 1.45 bits per heavy atom. The normalized spacial score (nSPS) is 10.6. The van der Waals surface area contributed by atoms with Gasteiger partial charge in [0.1, 0.15) is 15.8 Å². The third-order valence-corrected chi connectivity index (χ3v) is 4.19. The van der Waals surface area contributed by atoms with E-state index < -0.39 is 0 Å².